The number of hydrogen-bond donors (Lipinski definition) is 3. The highest BCUT2D eigenvalue weighted by Gasteiger charge is 2.47. The van der Waals surface area contributed by atoms with Gasteiger partial charge in [0, 0.05) is 0 Å². The summed E-state index contributed by atoms with van der Waals surface area (Å²) in [5, 5.41) is 29.8. The fourth-order valence-corrected chi connectivity index (χ4v) is 3.10. The molecule has 166 valence electrons. The zero-order valence-electron chi connectivity index (χ0n) is 16.9. The summed E-state index contributed by atoms with van der Waals surface area (Å²) in [5.41, 5.74) is 1.24. The summed E-state index contributed by atoms with van der Waals surface area (Å²) in [5.74, 6) is -0.154. The van der Waals surface area contributed by atoms with E-state index in [4.69, 9.17) is 18.9 Å². The van der Waals surface area contributed by atoms with Crippen LogP contribution in [0.15, 0.2) is 67.3 Å². The molecule has 1 fully saturated rings. The van der Waals surface area contributed by atoms with Gasteiger partial charge < -0.3 is 34.3 Å². The zero-order chi connectivity index (χ0) is 22.2. The molecule has 0 aromatic heterocycles. The van der Waals surface area contributed by atoms with Crippen molar-refractivity contribution in [3.05, 3.63) is 78.4 Å². The van der Waals surface area contributed by atoms with Crippen LogP contribution >= 0.6 is 0 Å². The van der Waals surface area contributed by atoms with Crippen molar-refractivity contribution in [1.29, 1.82) is 0 Å². The van der Waals surface area contributed by atoms with Crippen LogP contribution in [0.2, 0.25) is 0 Å². The molecule has 2 aromatic carbocycles. The number of aliphatic hydroxyl groups is 3. The molecule has 1 heterocycles. The maximum atomic E-state index is 12.6. The lowest BCUT2D eigenvalue weighted by atomic mass is 9.99. The van der Waals surface area contributed by atoms with Gasteiger partial charge in [-0.3, -0.25) is 0 Å². The van der Waals surface area contributed by atoms with Crippen LogP contribution in [0.5, 0.6) is 5.75 Å². The summed E-state index contributed by atoms with van der Waals surface area (Å²) in [7, 11) is 0. The van der Waals surface area contributed by atoms with Crippen LogP contribution in [0.3, 0.4) is 0 Å². The first kappa shape index (κ1) is 22.9. The first-order valence-corrected chi connectivity index (χ1v) is 9.86. The van der Waals surface area contributed by atoms with E-state index in [9.17, 15) is 20.1 Å². The Kier molecular flexibility index (Phi) is 8.16. The molecule has 31 heavy (non-hydrogen) atoms. The number of esters is 1. The molecular weight excluding hydrogens is 404 g/mol. The second kappa shape index (κ2) is 11.0. The number of benzene rings is 2. The molecule has 2 aromatic rings. The van der Waals surface area contributed by atoms with Gasteiger partial charge in [-0.15, -0.1) is 6.58 Å². The van der Waals surface area contributed by atoms with E-state index in [2.05, 4.69) is 6.58 Å². The summed E-state index contributed by atoms with van der Waals surface area (Å²) >= 11 is 0. The lowest BCUT2D eigenvalue weighted by Gasteiger charge is -2.41. The fourth-order valence-electron chi connectivity index (χ4n) is 3.10. The summed E-state index contributed by atoms with van der Waals surface area (Å²) in [6.07, 6.45) is -5.02. The van der Waals surface area contributed by atoms with Gasteiger partial charge in [0.05, 0.1) is 18.8 Å². The average Bonchev–Trinajstić information content (AvgIpc) is 2.81. The minimum atomic E-state index is -1.50. The molecule has 8 nitrogen and oxygen atoms in total. The summed E-state index contributed by atoms with van der Waals surface area (Å²) < 4.78 is 21.9. The molecule has 1 aliphatic heterocycles. The number of carbonyl (C=O) groups excluding carboxylic acids is 1. The molecule has 5 atom stereocenters. The van der Waals surface area contributed by atoms with Crippen molar-refractivity contribution in [2.45, 2.75) is 37.3 Å². The second-order valence-corrected chi connectivity index (χ2v) is 7.00. The van der Waals surface area contributed by atoms with E-state index in [1.165, 1.54) is 18.2 Å². The molecular formula is C23H26O8. The van der Waals surface area contributed by atoms with Crippen LogP contribution in [0.1, 0.15) is 15.9 Å². The van der Waals surface area contributed by atoms with Crippen molar-refractivity contribution in [2.24, 2.45) is 0 Å². The van der Waals surface area contributed by atoms with Crippen molar-refractivity contribution < 1.29 is 39.1 Å². The Labute approximate surface area is 180 Å². The smallest absolute Gasteiger partial charge is 0.338 e. The molecule has 1 unspecified atom stereocenters. The quantitative estimate of drug-likeness (QED) is 0.404. The number of aliphatic hydroxyl groups excluding tert-OH is 3. The number of ether oxygens (including phenoxy) is 4. The van der Waals surface area contributed by atoms with Gasteiger partial charge in [-0.1, -0.05) is 36.4 Å². The van der Waals surface area contributed by atoms with Crippen LogP contribution in [0, 0.1) is 0 Å². The molecule has 1 saturated heterocycles. The van der Waals surface area contributed by atoms with Gasteiger partial charge in [0.1, 0.15) is 30.7 Å². The highest BCUT2D eigenvalue weighted by molar-refractivity contribution is 5.89. The first-order chi connectivity index (χ1) is 15.0. The van der Waals surface area contributed by atoms with Crippen LogP contribution in [-0.4, -0.2) is 65.2 Å². The van der Waals surface area contributed by atoms with Gasteiger partial charge in [0.15, 0.2) is 12.4 Å². The largest absolute Gasteiger partial charge is 0.489 e. The van der Waals surface area contributed by atoms with E-state index in [-0.39, 0.29) is 12.2 Å². The van der Waals surface area contributed by atoms with Gasteiger partial charge in [-0.25, -0.2) is 4.79 Å². The SMILES string of the molecule is C=CCO[C@@H]1OC(CO)[C@@H](O)[C@H](O)[C@H]1OC(=O)c1ccc(OCc2ccccc2)cc1. The van der Waals surface area contributed by atoms with Crippen molar-refractivity contribution in [1.82, 2.24) is 0 Å². The number of rotatable bonds is 9. The van der Waals surface area contributed by atoms with Crippen molar-refractivity contribution in [3.63, 3.8) is 0 Å². The summed E-state index contributed by atoms with van der Waals surface area (Å²) in [6, 6.07) is 16.0. The van der Waals surface area contributed by atoms with E-state index in [1.807, 2.05) is 30.3 Å². The van der Waals surface area contributed by atoms with Gasteiger partial charge in [0.2, 0.25) is 0 Å². The maximum absolute atomic E-state index is 12.6. The molecule has 0 amide bonds. The van der Waals surface area contributed by atoms with Crippen molar-refractivity contribution >= 4 is 5.97 Å². The lowest BCUT2D eigenvalue weighted by Crippen LogP contribution is -2.60. The lowest BCUT2D eigenvalue weighted by molar-refractivity contribution is -0.297. The van der Waals surface area contributed by atoms with E-state index < -0.39 is 43.3 Å². The molecule has 0 bridgehead atoms. The molecule has 8 heteroatoms. The molecule has 0 spiro atoms. The second-order valence-electron chi connectivity index (χ2n) is 7.00. The highest BCUT2D eigenvalue weighted by Crippen LogP contribution is 2.26. The Hall–Kier alpha value is -2.75. The normalized spacial score (nSPS) is 25.6. The minimum absolute atomic E-state index is 0.0626. The third-order valence-corrected chi connectivity index (χ3v) is 4.78. The number of carbonyl (C=O) groups is 1. The Morgan fingerprint density at radius 2 is 1.77 bits per heavy atom. The van der Waals surface area contributed by atoms with E-state index in [0.717, 1.165) is 5.56 Å². The first-order valence-electron chi connectivity index (χ1n) is 9.86. The van der Waals surface area contributed by atoms with Gasteiger partial charge in [-0.05, 0) is 29.8 Å². The third kappa shape index (κ3) is 5.90. The molecule has 3 N–H and O–H groups in total. The Morgan fingerprint density at radius 1 is 1.06 bits per heavy atom. The molecule has 0 saturated carbocycles. The van der Waals surface area contributed by atoms with Crippen LogP contribution in [0.25, 0.3) is 0 Å². The van der Waals surface area contributed by atoms with E-state index >= 15 is 0 Å². The van der Waals surface area contributed by atoms with Crippen LogP contribution in [-0.2, 0) is 20.8 Å². The Bertz CT molecular complexity index is 838. The molecule has 3 rings (SSSR count). The predicted molar refractivity (Wildman–Crippen MR) is 110 cm³/mol. The fraction of sp³-hybridized carbons (Fsp3) is 0.348. The Balaban J connectivity index is 1.63. The topological polar surface area (TPSA) is 115 Å². The predicted octanol–water partition coefficient (Wildman–Crippen LogP) is 1.43. The minimum Gasteiger partial charge on any atom is -0.489 e. The van der Waals surface area contributed by atoms with Gasteiger partial charge in [-0.2, -0.15) is 0 Å². The zero-order valence-corrected chi connectivity index (χ0v) is 16.9. The maximum Gasteiger partial charge on any atom is 0.338 e. The van der Waals surface area contributed by atoms with Gasteiger partial charge in [0.25, 0.3) is 0 Å². The monoisotopic (exact) mass is 430 g/mol. The van der Waals surface area contributed by atoms with Crippen LogP contribution < -0.4 is 4.74 Å². The van der Waals surface area contributed by atoms with Crippen molar-refractivity contribution in [3.8, 4) is 5.75 Å². The molecule has 0 radical (unpaired) electrons. The molecule has 1 aliphatic rings. The third-order valence-electron chi connectivity index (χ3n) is 4.78. The standard InChI is InChI=1S/C23H26O8/c1-2-12-28-23-21(20(26)19(25)18(13-24)30-23)31-22(27)16-8-10-17(11-9-16)29-14-15-6-4-3-5-7-15/h2-11,18-21,23-26H,1,12-14H2/t18?,19-,20+,21-,23-/m1/s1. The summed E-state index contributed by atoms with van der Waals surface area (Å²) in [4.78, 5) is 12.6. The van der Waals surface area contributed by atoms with Gasteiger partial charge >= 0.3 is 5.97 Å². The van der Waals surface area contributed by atoms with Crippen LogP contribution in [0.4, 0.5) is 0 Å². The molecule has 0 aliphatic carbocycles. The van der Waals surface area contributed by atoms with E-state index in [0.29, 0.717) is 12.4 Å². The van der Waals surface area contributed by atoms with Crippen molar-refractivity contribution in [2.75, 3.05) is 13.2 Å². The highest BCUT2D eigenvalue weighted by atomic mass is 16.7. The number of hydrogen-bond acceptors (Lipinski definition) is 8. The average molecular weight is 430 g/mol. The summed E-state index contributed by atoms with van der Waals surface area (Å²) in [6.45, 7) is 3.46. The van der Waals surface area contributed by atoms with E-state index in [1.54, 1.807) is 12.1 Å². The Morgan fingerprint density at radius 3 is 2.42 bits per heavy atom.